The zero-order valence-electron chi connectivity index (χ0n) is 17.3. The lowest BCUT2D eigenvalue weighted by Crippen LogP contribution is -2.67. The molecule has 1 aromatic carbocycles. The Labute approximate surface area is 188 Å². The molecule has 2 unspecified atom stereocenters. The Kier molecular flexibility index (Phi) is 6.89. The standard InChI is InChI=1S/C21H23N5O5S/c1-2-25-16(24-18(27)13-7-5-12(6-8-13)17(22)23)11-26(20(29)19(25)28)15(21(30)31)10-14-4-3-9-32-14/h3-9,15-16H,2,10-11H2,1H3,(H3,22,23)(H,24,27)(H,30,31). The molecule has 0 saturated carbocycles. The lowest BCUT2D eigenvalue weighted by atomic mass is 10.1. The van der Waals surface area contributed by atoms with Gasteiger partial charge in [0.15, 0.2) is 0 Å². The lowest BCUT2D eigenvalue weighted by molar-refractivity contribution is -0.165. The first kappa shape index (κ1) is 22.9. The molecule has 2 aromatic rings. The molecule has 5 N–H and O–H groups in total. The number of nitrogen functional groups attached to an aromatic ring is 1. The van der Waals surface area contributed by atoms with Crippen molar-refractivity contribution in [2.75, 3.05) is 13.1 Å². The topological polar surface area (TPSA) is 157 Å². The van der Waals surface area contributed by atoms with Crippen molar-refractivity contribution < 1.29 is 24.3 Å². The summed E-state index contributed by atoms with van der Waals surface area (Å²) in [6, 6.07) is 8.34. The Morgan fingerprint density at radius 3 is 2.41 bits per heavy atom. The minimum Gasteiger partial charge on any atom is -0.480 e. The molecule has 2 atom stereocenters. The van der Waals surface area contributed by atoms with Crippen LogP contribution in [-0.2, 0) is 20.8 Å². The predicted octanol–water partition coefficient (Wildman–Crippen LogP) is 0.475. The van der Waals surface area contributed by atoms with Gasteiger partial charge in [-0.15, -0.1) is 11.3 Å². The Morgan fingerprint density at radius 1 is 1.22 bits per heavy atom. The molecule has 1 fully saturated rings. The van der Waals surface area contributed by atoms with Crippen molar-refractivity contribution in [3.05, 3.63) is 57.8 Å². The molecule has 1 aromatic heterocycles. The van der Waals surface area contributed by atoms with Crippen LogP contribution in [0, 0.1) is 5.41 Å². The molecule has 10 nitrogen and oxygen atoms in total. The highest BCUT2D eigenvalue weighted by Crippen LogP contribution is 2.20. The van der Waals surface area contributed by atoms with Gasteiger partial charge in [0, 0.05) is 29.0 Å². The van der Waals surface area contributed by atoms with Gasteiger partial charge in [-0.3, -0.25) is 19.8 Å². The second kappa shape index (κ2) is 9.60. The third-order valence-electron chi connectivity index (χ3n) is 5.18. The van der Waals surface area contributed by atoms with E-state index in [1.807, 2.05) is 0 Å². The number of carboxylic acid groups (broad SMARTS) is 1. The highest BCUT2D eigenvalue weighted by Gasteiger charge is 2.44. The van der Waals surface area contributed by atoms with Crippen LogP contribution in [0.15, 0.2) is 41.8 Å². The number of rotatable bonds is 8. The van der Waals surface area contributed by atoms with Gasteiger partial charge in [-0.05, 0) is 30.5 Å². The van der Waals surface area contributed by atoms with E-state index in [0.717, 1.165) is 9.78 Å². The van der Waals surface area contributed by atoms with Crippen LogP contribution in [-0.4, -0.2) is 69.7 Å². The summed E-state index contributed by atoms with van der Waals surface area (Å²) in [5.74, 6) is -3.64. The van der Waals surface area contributed by atoms with Crippen LogP contribution < -0.4 is 11.1 Å². The number of thiophene rings is 1. The summed E-state index contributed by atoms with van der Waals surface area (Å²) >= 11 is 1.36. The van der Waals surface area contributed by atoms with Gasteiger partial charge in [0.25, 0.3) is 5.91 Å². The SMILES string of the molecule is CCN1C(=O)C(=O)N(C(Cc2cccs2)C(=O)O)CC1NC(=O)c1ccc(C(=N)N)cc1. The van der Waals surface area contributed by atoms with Gasteiger partial charge in [-0.25, -0.2) is 4.79 Å². The summed E-state index contributed by atoms with van der Waals surface area (Å²) in [5.41, 5.74) is 6.16. The number of benzene rings is 1. The first-order valence-electron chi connectivity index (χ1n) is 9.85. The molecule has 0 aliphatic carbocycles. The molecule has 1 saturated heterocycles. The van der Waals surface area contributed by atoms with Crippen molar-refractivity contribution in [3.8, 4) is 0 Å². The third-order valence-corrected chi connectivity index (χ3v) is 6.08. The van der Waals surface area contributed by atoms with E-state index in [1.54, 1.807) is 24.4 Å². The van der Waals surface area contributed by atoms with Crippen molar-refractivity contribution >= 4 is 40.9 Å². The number of amidine groups is 1. The van der Waals surface area contributed by atoms with E-state index in [-0.39, 0.29) is 30.9 Å². The number of carboxylic acids is 1. The number of nitrogens with one attached hydrogen (secondary N) is 2. The monoisotopic (exact) mass is 457 g/mol. The number of nitrogens with zero attached hydrogens (tertiary/aromatic N) is 2. The number of carbonyl (C=O) groups excluding carboxylic acids is 3. The summed E-state index contributed by atoms with van der Waals surface area (Å²) in [6.45, 7) is 1.68. The molecule has 2 heterocycles. The summed E-state index contributed by atoms with van der Waals surface area (Å²) in [5, 5.41) is 21.7. The zero-order chi connectivity index (χ0) is 23.4. The van der Waals surface area contributed by atoms with E-state index in [0.29, 0.717) is 5.56 Å². The van der Waals surface area contributed by atoms with Crippen LogP contribution >= 0.6 is 11.3 Å². The van der Waals surface area contributed by atoms with Crippen LogP contribution in [0.2, 0.25) is 0 Å². The molecular formula is C21H23N5O5S. The molecule has 32 heavy (non-hydrogen) atoms. The Morgan fingerprint density at radius 2 is 1.88 bits per heavy atom. The quantitative estimate of drug-likeness (QED) is 0.256. The van der Waals surface area contributed by atoms with Gasteiger partial charge in [0.1, 0.15) is 18.0 Å². The van der Waals surface area contributed by atoms with Crippen molar-refractivity contribution in [2.24, 2.45) is 5.73 Å². The van der Waals surface area contributed by atoms with E-state index in [1.165, 1.54) is 40.5 Å². The molecule has 11 heteroatoms. The highest BCUT2D eigenvalue weighted by atomic mass is 32.1. The molecule has 1 aliphatic rings. The predicted molar refractivity (Wildman–Crippen MR) is 117 cm³/mol. The maximum absolute atomic E-state index is 12.8. The van der Waals surface area contributed by atoms with Gasteiger partial charge < -0.3 is 26.0 Å². The van der Waals surface area contributed by atoms with Gasteiger partial charge in [0.2, 0.25) is 0 Å². The van der Waals surface area contributed by atoms with Crippen molar-refractivity contribution in [2.45, 2.75) is 25.6 Å². The molecule has 3 amide bonds. The van der Waals surface area contributed by atoms with Crippen LogP contribution in [0.1, 0.15) is 27.7 Å². The van der Waals surface area contributed by atoms with Crippen molar-refractivity contribution in [1.82, 2.24) is 15.1 Å². The highest BCUT2D eigenvalue weighted by molar-refractivity contribution is 7.09. The normalized spacial score (nSPS) is 17.2. The van der Waals surface area contributed by atoms with Gasteiger partial charge in [-0.1, -0.05) is 18.2 Å². The number of likely N-dealkylation sites (N-methyl/N-ethyl adjacent to an activating group) is 1. The molecular weight excluding hydrogens is 434 g/mol. The number of hydrogen-bond acceptors (Lipinski definition) is 6. The minimum atomic E-state index is -1.24. The van der Waals surface area contributed by atoms with Crippen molar-refractivity contribution in [1.29, 1.82) is 5.41 Å². The molecule has 0 spiro atoms. The second-order valence-corrected chi connectivity index (χ2v) is 8.20. The molecule has 3 rings (SSSR count). The van der Waals surface area contributed by atoms with Crippen LogP contribution in [0.25, 0.3) is 0 Å². The first-order valence-corrected chi connectivity index (χ1v) is 10.7. The molecule has 168 valence electrons. The van der Waals surface area contributed by atoms with Gasteiger partial charge in [-0.2, -0.15) is 0 Å². The number of piperazine rings is 1. The number of carbonyl (C=O) groups is 4. The van der Waals surface area contributed by atoms with Gasteiger partial charge >= 0.3 is 17.8 Å². The molecule has 0 radical (unpaired) electrons. The number of aliphatic carboxylic acids is 1. The average molecular weight is 458 g/mol. The number of nitrogens with two attached hydrogens (primary N) is 1. The maximum atomic E-state index is 12.8. The van der Waals surface area contributed by atoms with Gasteiger partial charge in [0.05, 0.1) is 6.54 Å². The van der Waals surface area contributed by atoms with E-state index < -0.39 is 35.9 Å². The largest absolute Gasteiger partial charge is 0.480 e. The van der Waals surface area contributed by atoms with Crippen molar-refractivity contribution in [3.63, 3.8) is 0 Å². The fourth-order valence-electron chi connectivity index (χ4n) is 3.50. The van der Waals surface area contributed by atoms with E-state index in [9.17, 15) is 24.3 Å². The first-order chi connectivity index (χ1) is 15.2. The number of amides is 3. The fourth-order valence-corrected chi connectivity index (χ4v) is 4.24. The number of hydrogen-bond donors (Lipinski definition) is 4. The Hall–Kier alpha value is -3.73. The minimum absolute atomic E-state index is 0.0608. The van der Waals surface area contributed by atoms with Crippen LogP contribution in [0.5, 0.6) is 0 Å². The van der Waals surface area contributed by atoms with E-state index >= 15 is 0 Å². The molecule has 1 aliphatic heterocycles. The smallest absolute Gasteiger partial charge is 0.326 e. The summed E-state index contributed by atoms with van der Waals surface area (Å²) < 4.78 is 0. The Bertz CT molecular complexity index is 1040. The van der Waals surface area contributed by atoms with E-state index in [2.05, 4.69) is 5.32 Å². The summed E-state index contributed by atoms with van der Waals surface area (Å²) in [6.07, 6.45) is -0.832. The third kappa shape index (κ3) is 4.78. The second-order valence-electron chi connectivity index (χ2n) is 7.17. The van der Waals surface area contributed by atoms with Crippen LogP contribution in [0.3, 0.4) is 0 Å². The lowest BCUT2D eigenvalue weighted by Gasteiger charge is -2.42. The summed E-state index contributed by atoms with van der Waals surface area (Å²) in [4.78, 5) is 53.1. The summed E-state index contributed by atoms with van der Waals surface area (Å²) in [7, 11) is 0. The van der Waals surface area contributed by atoms with Crippen LogP contribution in [0.4, 0.5) is 0 Å². The van der Waals surface area contributed by atoms with E-state index in [4.69, 9.17) is 11.1 Å². The Balaban J connectivity index is 1.82. The maximum Gasteiger partial charge on any atom is 0.326 e. The fraction of sp³-hybridized carbons (Fsp3) is 0.286. The zero-order valence-corrected chi connectivity index (χ0v) is 18.1. The molecule has 0 bridgehead atoms. The average Bonchev–Trinajstić information content (AvgIpc) is 3.28.